The maximum absolute atomic E-state index is 5.54. The van der Waals surface area contributed by atoms with Crippen LogP contribution in [0.1, 0.15) is 39.0 Å². The molecule has 0 spiro atoms. The molecule has 0 aliphatic heterocycles. The summed E-state index contributed by atoms with van der Waals surface area (Å²) in [6.45, 7) is 2.94. The van der Waals surface area contributed by atoms with Crippen molar-refractivity contribution >= 4 is 0 Å². The van der Waals surface area contributed by atoms with Crippen molar-refractivity contribution in [1.82, 2.24) is 5.32 Å². The summed E-state index contributed by atoms with van der Waals surface area (Å²) in [4.78, 5) is 0. The molecular weight excluding hydrogens is 174 g/mol. The van der Waals surface area contributed by atoms with Gasteiger partial charge in [-0.05, 0) is 39.0 Å². The van der Waals surface area contributed by atoms with E-state index in [0.717, 1.165) is 6.61 Å². The normalized spacial score (nSPS) is 36.8. The van der Waals surface area contributed by atoms with E-state index in [4.69, 9.17) is 4.74 Å². The highest BCUT2D eigenvalue weighted by molar-refractivity contribution is 5.00. The molecule has 1 unspecified atom stereocenters. The Balaban J connectivity index is 1.63. The number of allylic oxidation sites excluding steroid dienone is 1. The number of hydrogen-bond donors (Lipinski definition) is 1. The molecule has 0 heterocycles. The molecule has 0 saturated heterocycles. The summed E-state index contributed by atoms with van der Waals surface area (Å²) in [7, 11) is 0. The van der Waals surface area contributed by atoms with Crippen LogP contribution in [0.4, 0.5) is 0 Å². The molecule has 14 heavy (non-hydrogen) atoms. The van der Waals surface area contributed by atoms with Gasteiger partial charge in [0.15, 0.2) is 0 Å². The molecule has 1 atom stereocenters. The van der Waals surface area contributed by atoms with Gasteiger partial charge in [0.1, 0.15) is 0 Å². The van der Waals surface area contributed by atoms with Gasteiger partial charge in [-0.3, -0.25) is 0 Å². The lowest BCUT2D eigenvalue weighted by atomic mass is 9.87. The molecule has 2 nitrogen and oxygen atoms in total. The van der Waals surface area contributed by atoms with Crippen molar-refractivity contribution in [3.63, 3.8) is 0 Å². The van der Waals surface area contributed by atoms with Crippen LogP contribution in [-0.4, -0.2) is 24.8 Å². The quantitative estimate of drug-likeness (QED) is 0.695. The lowest BCUT2D eigenvalue weighted by Crippen LogP contribution is -2.49. The summed E-state index contributed by atoms with van der Waals surface area (Å²) in [6.07, 6.45) is 11.5. The van der Waals surface area contributed by atoms with Gasteiger partial charge in [0.2, 0.25) is 0 Å². The summed E-state index contributed by atoms with van der Waals surface area (Å²) in [6, 6.07) is 1.34. The van der Waals surface area contributed by atoms with Crippen LogP contribution in [0.15, 0.2) is 12.2 Å². The summed E-state index contributed by atoms with van der Waals surface area (Å²) < 4.78 is 5.54. The average molecular weight is 195 g/mol. The fourth-order valence-electron chi connectivity index (χ4n) is 2.33. The van der Waals surface area contributed by atoms with E-state index >= 15 is 0 Å². The molecule has 0 aromatic heterocycles. The van der Waals surface area contributed by atoms with E-state index in [9.17, 15) is 0 Å². The fourth-order valence-corrected chi connectivity index (χ4v) is 2.33. The molecule has 0 aromatic rings. The van der Waals surface area contributed by atoms with Crippen LogP contribution in [-0.2, 0) is 4.74 Å². The van der Waals surface area contributed by atoms with Crippen LogP contribution in [0.3, 0.4) is 0 Å². The molecule has 2 heteroatoms. The molecule has 1 saturated carbocycles. The number of nitrogens with one attached hydrogen (secondary N) is 1. The van der Waals surface area contributed by atoms with Crippen LogP contribution in [0.5, 0.6) is 0 Å². The van der Waals surface area contributed by atoms with E-state index in [0.29, 0.717) is 18.2 Å². The van der Waals surface area contributed by atoms with Crippen molar-refractivity contribution in [1.29, 1.82) is 0 Å². The molecule has 2 aliphatic rings. The number of ether oxygens (including phenoxy) is 1. The monoisotopic (exact) mass is 195 g/mol. The summed E-state index contributed by atoms with van der Waals surface area (Å²) in [5.74, 6) is 0. The van der Waals surface area contributed by atoms with Gasteiger partial charge in [0.25, 0.3) is 0 Å². The van der Waals surface area contributed by atoms with E-state index in [1.54, 1.807) is 0 Å². The molecule has 1 fully saturated rings. The molecule has 0 aromatic carbocycles. The smallest absolute Gasteiger partial charge is 0.0604 e. The predicted molar refractivity (Wildman–Crippen MR) is 58.4 cm³/mol. The zero-order chi connectivity index (χ0) is 9.80. The zero-order valence-electron chi connectivity index (χ0n) is 9.04. The first kappa shape index (κ1) is 10.2. The molecule has 1 N–H and O–H groups in total. The summed E-state index contributed by atoms with van der Waals surface area (Å²) >= 11 is 0. The van der Waals surface area contributed by atoms with E-state index < -0.39 is 0 Å². The second kappa shape index (κ2) is 4.94. The Bertz CT molecular complexity index is 196. The van der Waals surface area contributed by atoms with Crippen LogP contribution < -0.4 is 5.32 Å². The van der Waals surface area contributed by atoms with E-state index in [1.165, 1.54) is 32.1 Å². The maximum atomic E-state index is 5.54. The molecule has 0 radical (unpaired) electrons. The van der Waals surface area contributed by atoms with Crippen LogP contribution >= 0.6 is 0 Å². The van der Waals surface area contributed by atoms with E-state index in [1.807, 2.05) is 0 Å². The highest BCUT2D eigenvalue weighted by atomic mass is 16.5. The van der Waals surface area contributed by atoms with Crippen molar-refractivity contribution in [3.05, 3.63) is 12.2 Å². The van der Waals surface area contributed by atoms with Crippen molar-refractivity contribution in [2.24, 2.45) is 0 Å². The van der Waals surface area contributed by atoms with Gasteiger partial charge in [-0.1, -0.05) is 12.2 Å². The maximum Gasteiger partial charge on any atom is 0.0604 e. The Morgan fingerprint density at radius 1 is 1.43 bits per heavy atom. The van der Waals surface area contributed by atoms with Crippen LogP contribution in [0.2, 0.25) is 0 Å². The average Bonchev–Trinajstić information content (AvgIpc) is 2.16. The van der Waals surface area contributed by atoms with Gasteiger partial charge in [-0.25, -0.2) is 0 Å². The Hall–Kier alpha value is -0.340. The van der Waals surface area contributed by atoms with Crippen molar-refractivity contribution < 1.29 is 4.74 Å². The van der Waals surface area contributed by atoms with Crippen LogP contribution in [0, 0.1) is 0 Å². The van der Waals surface area contributed by atoms with E-state index in [-0.39, 0.29) is 0 Å². The first-order valence-electron chi connectivity index (χ1n) is 5.92. The predicted octanol–water partition coefficient (Wildman–Crippen LogP) is 2.25. The van der Waals surface area contributed by atoms with Gasteiger partial charge in [0, 0.05) is 18.7 Å². The van der Waals surface area contributed by atoms with Gasteiger partial charge in [-0.15, -0.1) is 0 Å². The zero-order valence-corrected chi connectivity index (χ0v) is 9.04. The second-order valence-corrected chi connectivity index (χ2v) is 4.38. The summed E-state index contributed by atoms with van der Waals surface area (Å²) in [5.41, 5.74) is 0. The second-order valence-electron chi connectivity index (χ2n) is 4.38. The first-order valence-corrected chi connectivity index (χ1v) is 5.92. The minimum Gasteiger partial charge on any atom is -0.378 e. The van der Waals surface area contributed by atoms with Crippen LogP contribution in [0.25, 0.3) is 0 Å². The van der Waals surface area contributed by atoms with Crippen molar-refractivity contribution in [2.45, 2.75) is 57.2 Å². The third-order valence-electron chi connectivity index (χ3n) is 3.20. The summed E-state index contributed by atoms with van der Waals surface area (Å²) in [5, 5.41) is 3.68. The molecule has 80 valence electrons. The van der Waals surface area contributed by atoms with Gasteiger partial charge in [-0.2, -0.15) is 0 Å². The Kier molecular flexibility index (Phi) is 3.60. The fraction of sp³-hybridized carbons (Fsp3) is 0.833. The lowest BCUT2D eigenvalue weighted by molar-refractivity contribution is -0.0115. The van der Waals surface area contributed by atoms with Gasteiger partial charge < -0.3 is 10.1 Å². The van der Waals surface area contributed by atoms with Crippen molar-refractivity contribution in [2.75, 3.05) is 6.61 Å². The minimum atomic E-state index is 0.532. The topological polar surface area (TPSA) is 21.3 Å². The van der Waals surface area contributed by atoms with Crippen molar-refractivity contribution in [3.8, 4) is 0 Å². The molecule has 0 amide bonds. The highest BCUT2D eigenvalue weighted by Crippen LogP contribution is 2.24. The SMILES string of the molecule is CCOC1CC(NC2C=CCCC2)C1. The Morgan fingerprint density at radius 3 is 2.93 bits per heavy atom. The largest absolute Gasteiger partial charge is 0.378 e. The third-order valence-corrected chi connectivity index (χ3v) is 3.20. The number of rotatable bonds is 4. The Labute approximate surface area is 86.7 Å². The van der Waals surface area contributed by atoms with E-state index in [2.05, 4.69) is 24.4 Å². The minimum absolute atomic E-state index is 0.532. The molecule has 2 rings (SSSR count). The lowest BCUT2D eigenvalue weighted by Gasteiger charge is -2.38. The number of hydrogen-bond acceptors (Lipinski definition) is 2. The standard InChI is InChI=1S/C12H21NO/c1-2-14-12-8-11(9-12)13-10-6-4-3-5-7-10/h4,6,10-13H,2-3,5,7-9H2,1H3. The molecule has 2 aliphatic carbocycles. The molecular formula is C12H21NO. The third kappa shape index (κ3) is 2.58. The Morgan fingerprint density at radius 2 is 2.29 bits per heavy atom. The first-order chi connectivity index (χ1) is 6.88. The van der Waals surface area contributed by atoms with Gasteiger partial charge >= 0.3 is 0 Å². The molecule has 0 bridgehead atoms. The highest BCUT2D eigenvalue weighted by Gasteiger charge is 2.30. The van der Waals surface area contributed by atoms with Gasteiger partial charge in [0.05, 0.1) is 6.10 Å².